The number of benzene rings is 4. The molecule has 0 bridgehead atoms. The minimum atomic E-state index is 0.365. The van der Waals surface area contributed by atoms with Gasteiger partial charge in [0.15, 0.2) is 0 Å². The Balaban J connectivity index is 1.00. The van der Waals surface area contributed by atoms with Crippen molar-refractivity contribution in [3.63, 3.8) is 0 Å². The van der Waals surface area contributed by atoms with Crippen LogP contribution in [0.4, 0.5) is 0 Å². The lowest BCUT2D eigenvalue weighted by atomic mass is 9.97. The summed E-state index contributed by atoms with van der Waals surface area (Å²) in [5.41, 5.74) is 21.3. The molecule has 2 aromatic heterocycles. The van der Waals surface area contributed by atoms with Gasteiger partial charge >= 0.3 is 0 Å². The molecule has 0 saturated heterocycles. The molecule has 0 aliphatic heterocycles. The summed E-state index contributed by atoms with van der Waals surface area (Å²) in [6.07, 6.45) is 4.12. The molecular formula is C36H38N6. The van der Waals surface area contributed by atoms with E-state index in [4.69, 9.17) is 21.4 Å². The summed E-state index contributed by atoms with van der Waals surface area (Å²) in [5.74, 6) is 4.68. The standard InChI is InChI=1S/C36H38N6/c1-19-27(35(19)37)9-13-33-39-29-11-7-25(17-31(29)41-33)23-5-3-22-16-24(6-4-21(22)15-23)26-8-12-30-32(18-26)42-34(40-30)14-10-28-20(2)36(28)38/h3-8,11-12,15-20,27-28,35-36H,9-10,13-14,37-38H2,1-2H3,(H,39,41)(H,40,42). The molecule has 0 amide bonds. The summed E-state index contributed by atoms with van der Waals surface area (Å²) in [6.45, 7) is 4.49. The highest BCUT2D eigenvalue weighted by molar-refractivity contribution is 5.93. The quantitative estimate of drug-likeness (QED) is 0.163. The third-order valence-corrected chi connectivity index (χ3v) is 10.3. The highest BCUT2D eigenvalue weighted by Gasteiger charge is 2.43. The van der Waals surface area contributed by atoms with E-state index in [2.05, 4.69) is 96.6 Å². The molecule has 42 heavy (non-hydrogen) atoms. The third-order valence-electron chi connectivity index (χ3n) is 10.3. The van der Waals surface area contributed by atoms with Crippen molar-refractivity contribution in [2.24, 2.45) is 35.1 Å². The molecule has 2 saturated carbocycles. The minimum absolute atomic E-state index is 0.365. The largest absolute Gasteiger partial charge is 0.342 e. The Morgan fingerprint density at radius 1 is 0.571 bits per heavy atom. The van der Waals surface area contributed by atoms with E-state index in [0.29, 0.717) is 35.8 Å². The first-order valence-corrected chi connectivity index (χ1v) is 15.4. The zero-order valence-corrected chi connectivity index (χ0v) is 24.3. The van der Waals surface area contributed by atoms with Crippen LogP contribution >= 0.6 is 0 Å². The Hall–Kier alpha value is -4.00. The van der Waals surface area contributed by atoms with E-state index >= 15 is 0 Å². The van der Waals surface area contributed by atoms with Crippen molar-refractivity contribution in [2.45, 2.75) is 51.6 Å². The molecule has 2 heterocycles. The molecule has 2 aliphatic rings. The van der Waals surface area contributed by atoms with E-state index in [-0.39, 0.29) is 0 Å². The van der Waals surface area contributed by atoms with Gasteiger partial charge < -0.3 is 21.4 Å². The molecule has 6 nitrogen and oxygen atoms in total. The van der Waals surface area contributed by atoms with Crippen molar-refractivity contribution in [3.05, 3.63) is 84.4 Å². The lowest BCUT2D eigenvalue weighted by Gasteiger charge is -2.07. The molecule has 6 unspecified atom stereocenters. The van der Waals surface area contributed by atoms with Crippen molar-refractivity contribution < 1.29 is 0 Å². The van der Waals surface area contributed by atoms with Gasteiger partial charge in [-0.3, -0.25) is 0 Å². The number of fused-ring (bicyclic) bond motifs is 3. The second kappa shape index (κ2) is 9.79. The summed E-state index contributed by atoms with van der Waals surface area (Å²) in [5, 5.41) is 2.46. The predicted octanol–water partition coefficient (Wildman–Crippen LogP) is 6.98. The number of hydrogen-bond acceptors (Lipinski definition) is 4. The molecule has 6 aromatic rings. The van der Waals surface area contributed by atoms with Gasteiger partial charge in [-0.15, -0.1) is 0 Å². The van der Waals surface area contributed by atoms with Crippen LogP contribution in [0, 0.1) is 23.7 Å². The number of hydrogen-bond donors (Lipinski definition) is 4. The Morgan fingerprint density at radius 2 is 0.952 bits per heavy atom. The predicted molar refractivity (Wildman–Crippen MR) is 172 cm³/mol. The van der Waals surface area contributed by atoms with Gasteiger partial charge in [0.25, 0.3) is 0 Å². The number of H-pyrrole nitrogens is 2. The van der Waals surface area contributed by atoms with E-state index in [0.717, 1.165) is 59.4 Å². The maximum absolute atomic E-state index is 6.12. The van der Waals surface area contributed by atoms with Crippen molar-refractivity contribution in [2.75, 3.05) is 0 Å². The molecule has 6 heteroatoms. The van der Waals surface area contributed by atoms with Crippen molar-refractivity contribution >= 4 is 32.8 Å². The average Bonchev–Trinajstić information content (AvgIpc) is 3.55. The number of aromatic nitrogens is 4. The number of nitrogens with one attached hydrogen (secondary N) is 2. The second-order valence-corrected chi connectivity index (χ2v) is 12.9. The lowest BCUT2D eigenvalue weighted by molar-refractivity contribution is 0.652. The summed E-state index contributed by atoms with van der Waals surface area (Å²) in [7, 11) is 0. The molecule has 2 aliphatic carbocycles. The van der Waals surface area contributed by atoms with Crippen LogP contribution in [0.15, 0.2) is 72.8 Å². The van der Waals surface area contributed by atoms with Crippen LogP contribution in [0.3, 0.4) is 0 Å². The second-order valence-electron chi connectivity index (χ2n) is 12.9. The topological polar surface area (TPSA) is 109 Å². The molecule has 0 spiro atoms. The number of aromatic amines is 2. The van der Waals surface area contributed by atoms with Gasteiger partial charge in [-0.1, -0.05) is 50.2 Å². The van der Waals surface area contributed by atoms with Crippen molar-refractivity contribution in [1.82, 2.24) is 19.9 Å². The summed E-state index contributed by atoms with van der Waals surface area (Å²) >= 11 is 0. The Labute approximate surface area is 245 Å². The fraction of sp³-hybridized carbons (Fsp3) is 0.333. The first kappa shape index (κ1) is 25.7. The Kier molecular flexibility index (Phi) is 5.99. The first-order valence-electron chi connectivity index (χ1n) is 15.4. The fourth-order valence-corrected chi connectivity index (χ4v) is 7.00. The van der Waals surface area contributed by atoms with Crippen LogP contribution in [0.1, 0.15) is 38.3 Å². The van der Waals surface area contributed by atoms with Gasteiger partial charge in [0.2, 0.25) is 0 Å². The van der Waals surface area contributed by atoms with Gasteiger partial charge in [-0.05, 0) is 106 Å². The van der Waals surface area contributed by atoms with Gasteiger partial charge in [0.1, 0.15) is 11.6 Å². The van der Waals surface area contributed by atoms with E-state index in [1.54, 1.807) is 0 Å². The molecule has 4 aromatic carbocycles. The number of rotatable bonds is 8. The number of nitrogens with two attached hydrogens (primary N) is 2. The number of nitrogens with zero attached hydrogens (tertiary/aromatic N) is 2. The van der Waals surface area contributed by atoms with E-state index in [1.807, 2.05) is 0 Å². The van der Waals surface area contributed by atoms with Crippen molar-refractivity contribution in [1.29, 1.82) is 0 Å². The number of aryl methyl sites for hydroxylation is 2. The average molecular weight is 555 g/mol. The Bertz CT molecular complexity index is 1790. The molecule has 2 fully saturated rings. The van der Waals surface area contributed by atoms with Crippen LogP contribution in [0.2, 0.25) is 0 Å². The minimum Gasteiger partial charge on any atom is -0.342 e. The summed E-state index contributed by atoms with van der Waals surface area (Å²) in [4.78, 5) is 16.7. The SMILES string of the molecule is CC1C(N)C1CCc1nc2ccc(-c3ccc4cc(-c5ccc6nc(CCC7C(C)C7N)[nH]c6c5)ccc4c3)cc2[nH]1. The normalized spacial score (nSPS) is 25.0. The first-order chi connectivity index (χ1) is 20.4. The third kappa shape index (κ3) is 4.59. The Morgan fingerprint density at radius 3 is 1.36 bits per heavy atom. The molecule has 0 radical (unpaired) electrons. The molecule has 212 valence electrons. The smallest absolute Gasteiger partial charge is 0.107 e. The maximum Gasteiger partial charge on any atom is 0.107 e. The summed E-state index contributed by atoms with van der Waals surface area (Å²) < 4.78 is 0. The number of imidazole rings is 2. The fourth-order valence-electron chi connectivity index (χ4n) is 7.00. The van der Waals surface area contributed by atoms with Gasteiger partial charge in [-0.2, -0.15) is 0 Å². The highest BCUT2D eigenvalue weighted by Crippen LogP contribution is 2.41. The maximum atomic E-state index is 6.12. The van der Waals surface area contributed by atoms with Crippen LogP contribution in [-0.4, -0.2) is 32.0 Å². The van der Waals surface area contributed by atoms with E-state index in [9.17, 15) is 0 Å². The molecule has 6 atom stereocenters. The van der Waals surface area contributed by atoms with Crippen LogP contribution in [-0.2, 0) is 12.8 Å². The van der Waals surface area contributed by atoms with Crippen LogP contribution < -0.4 is 11.5 Å². The molecular weight excluding hydrogens is 516 g/mol. The van der Waals surface area contributed by atoms with Gasteiger partial charge in [-0.25, -0.2) is 9.97 Å². The van der Waals surface area contributed by atoms with Crippen LogP contribution in [0.5, 0.6) is 0 Å². The van der Waals surface area contributed by atoms with Gasteiger partial charge in [0, 0.05) is 24.9 Å². The lowest BCUT2D eigenvalue weighted by Crippen LogP contribution is -2.03. The molecule has 8 rings (SSSR count). The van der Waals surface area contributed by atoms with Crippen LogP contribution in [0.25, 0.3) is 55.1 Å². The van der Waals surface area contributed by atoms with Gasteiger partial charge in [0.05, 0.1) is 22.1 Å². The highest BCUT2D eigenvalue weighted by atomic mass is 14.9. The monoisotopic (exact) mass is 554 g/mol. The zero-order chi connectivity index (χ0) is 28.5. The summed E-state index contributed by atoms with van der Waals surface area (Å²) in [6, 6.07) is 27.2. The van der Waals surface area contributed by atoms with Crippen molar-refractivity contribution in [3.8, 4) is 22.3 Å². The van der Waals surface area contributed by atoms with E-state index < -0.39 is 0 Å². The van der Waals surface area contributed by atoms with E-state index in [1.165, 1.54) is 33.0 Å². The zero-order valence-electron chi connectivity index (χ0n) is 24.3. The molecule has 6 N–H and O–H groups in total.